The predicted molar refractivity (Wildman–Crippen MR) is 137 cm³/mol. The van der Waals surface area contributed by atoms with Crippen LogP contribution in [0.25, 0.3) is 0 Å². The molecule has 0 rings (SSSR count). The second-order valence-corrected chi connectivity index (χ2v) is 10.3. The second-order valence-electron chi connectivity index (χ2n) is 10.3. The van der Waals surface area contributed by atoms with Crippen LogP contribution in [0, 0.1) is 17.8 Å². The highest BCUT2D eigenvalue weighted by Crippen LogP contribution is 2.08. The summed E-state index contributed by atoms with van der Waals surface area (Å²) < 4.78 is 0. The lowest BCUT2D eigenvalue weighted by Crippen LogP contribution is -2.56. The van der Waals surface area contributed by atoms with E-state index in [2.05, 4.69) is 21.3 Å². The Kier molecular flexibility index (Phi) is 15.1. The summed E-state index contributed by atoms with van der Waals surface area (Å²) in [7, 11) is 0. The summed E-state index contributed by atoms with van der Waals surface area (Å²) in [5.74, 6) is -4.74. The Balaban J connectivity index is 5.25. The molecule has 0 bridgehead atoms. The van der Waals surface area contributed by atoms with Crippen molar-refractivity contribution in [2.75, 3.05) is 6.54 Å². The number of nitrogens with two attached hydrogens (primary N) is 2. The van der Waals surface area contributed by atoms with E-state index < -0.39 is 66.2 Å². The van der Waals surface area contributed by atoms with Crippen LogP contribution in [0.2, 0.25) is 0 Å². The maximum Gasteiger partial charge on any atom is 0.326 e. The number of rotatable bonds is 17. The lowest BCUT2D eigenvalue weighted by atomic mass is 10.0. The van der Waals surface area contributed by atoms with Crippen LogP contribution in [0.15, 0.2) is 0 Å². The van der Waals surface area contributed by atoms with Crippen LogP contribution in [-0.2, 0) is 28.8 Å². The number of carboxylic acid groups (broad SMARTS) is 1. The minimum absolute atomic E-state index is 0.00332. The first-order valence-electron chi connectivity index (χ1n) is 12.5. The quantitative estimate of drug-likeness (QED) is 0.123. The molecule has 0 aliphatic heterocycles. The fourth-order valence-electron chi connectivity index (χ4n) is 3.46. The average molecular weight is 529 g/mol. The van der Waals surface area contributed by atoms with Gasteiger partial charge >= 0.3 is 5.97 Å². The monoisotopic (exact) mass is 528 g/mol. The molecule has 0 aliphatic carbocycles. The number of hydrogen-bond acceptors (Lipinski definition) is 7. The minimum Gasteiger partial charge on any atom is -0.480 e. The lowest BCUT2D eigenvalue weighted by Gasteiger charge is -2.24. The molecule has 212 valence electrons. The molecule has 0 saturated heterocycles. The molecule has 13 nitrogen and oxygen atoms in total. The fraction of sp³-hybridized carbons (Fsp3) is 0.750. The van der Waals surface area contributed by atoms with Crippen LogP contribution in [-0.4, -0.2) is 71.3 Å². The van der Waals surface area contributed by atoms with E-state index in [4.69, 9.17) is 11.5 Å². The molecule has 0 radical (unpaired) electrons. The molecule has 5 amide bonds. The number of carbonyl (C=O) groups is 6. The molecule has 37 heavy (non-hydrogen) atoms. The summed E-state index contributed by atoms with van der Waals surface area (Å²) in [6.45, 7) is 10.2. The Morgan fingerprint density at radius 2 is 1.32 bits per heavy atom. The van der Waals surface area contributed by atoms with Crippen molar-refractivity contribution in [2.45, 2.75) is 91.4 Å². The van der Waals surface area contributed by atoms with Crippen molar-refractivity contribution >= 4 is 35.5 Å². The summed E-state index contributed by atoms with van der Waals surface area (Å²) in [6.07, 6.45) is 0.354. The summed E-state index contributed by atoms with van der Waals surface area (Å²) in [6, 6.07) is -4.16. The molecule has 0 spiro atoms. The zero-order valence-electron chi connectivity index (χ0n) is 22.6. The second kappa shape index (κ2) is 16.5. The van der Waals surface area contributed by atoms with Gasteiger partial charge in [-0.3, -0.25) is 24.0 Å². The largest absolute Gasteiger partial charge is 0.480 e. The van der Waals surface area contributed by atoms with Gasteiger partial charge in [0.05, 0.1) is 12.6 Å². The highest BCUT2D eigenvalue weighted by Gasteiger charge is 2.29. The molecule has 0 fully saturated rings. The van der Waals surface area contributed by atoms with E-state index in [0.29, 0.717) is 6.42 Å². The first-order valence-corrected chi connectivity index (χ1v) is 12.5. The zero-order valence-corrected chi connectivity index (χ0v) is 22.6. The van der Waals surface area contributed by atoms with Gasteiger partial charge in [-0.05, 0) is 37.0 Å². The summed E-state index contributed by atoms with van der Waals surface area (Å²) in [5.41, 5.74) is 11.0. The summed E-state index contributed by atoms with van der Waals surface area (Å²) in [5, 5.41) is 19.2. The van der Waals surface area contributed by atoms with Crippen LogP contribution in [0.1, 0.15) is 67.2 Å². The Morgan fingerprint density at radius 1 is 0.757 bits per heavy atom. The Bertz CT molecular complexity index is 815. The smallest absolute Gasteiger partial charge is 0.326 e. The van der Waals surface area contributed by atoms with Gasteiger partial charge in [-0.2, -0.15) is 0 Å². The Labute approximate surface area is 218 Å². The molecule has 9 N–H and O–H groups in total. The summed E-state index contributed by atoms with van der Waals surface area (Å²) >= 11 is 0. The topological polar surface area (TPSA) is 223 Å². The van der Waals surface area contributed by atoms with Crippen LogP contribution >= 0.6 is 0 Å². The molecule has 0 aromatic rings. The number of carbonyl (C=O) groups excluding carboxylic acids is 5. The molecule has 0 heterocycles. The van der Waals surface area contributed by atoms with Gasteiger partial charge in [0.25, 0.3) is 0 Å². The van der Waals surface area contributed by atoms with E-state index in [-0.39, 0.29) is 37.0 Å². The molecule has 4 atom stereocenters. The third-order valence-electron chi connectivity index (χ3n) is 5.39. The molecule has 0 aromatic heterocycles. The summed E-state index contributed by atoms with van der Waals surface area (Å²) in [4.78, 5) is 73.0. The highest BCUT2D eigenvalue weighted by atomic mass is 16.4. The van der Waals surface area contributed by atoms with Gasteiger partial charge in [-0.15, -0.1) is 0 Å². The first-order chi connectivity index (χ1) is 17.0. The van der Waals surface area contributed by atoms with E-state index in [1.807, 2.05) is 27.7 Å². The first kappa shape index (κ1) is 33.8. The SMILES string of the molecule is CC(C)C[C@H](NC(=O)CNC(=O)[C@H](CCC(N)=O)NC(=O)[C@@H](N)CC(C)C)C(=O)N[C@H](C(=O)O)C(C)C. The van der Waals surface area contributed by atoms with Gasteiger partial charge in [0.15, 0.2) is 0 Å². The predicted octanol–water partition coefficient (Wildman–Crippen LogP) is -1.02. The van der Waals surface area contributed by atoms with Crippen molar-refractivity contribution in [3.8, 4) is 0 Å². The maximum absolute atomic E-state index is 12.7. The number of aliphatic carboxylic acids is 1. The highest BCUT2D eigenvalue weighted by molar-refractivity contribution is 5.94. The van der Waals surface area contributed by atoms with Gasteiger partial charge in [-0.25, -0.2) is 4.79 Å². The van der Waals surface area contributed by atoms with E-state index in [1.54, 1.807) is 13.8 Å². The van der Waals surface area contributed by atoms with Crippen molar-refractivity contribution in [1.82, 2.24) is 21.3 Å². The molecule has 0 aliphatic rings. The molecular formula is C24H44N6O7. The maximum atomic E-state index is 12.7. The number of primary amides is 1. The van der Waals surface area contributed by atoms with Crippen LogP contribution < -0.4 is 32.7 Å². The molecule has 13 heteroatoms. The van der Waals surface area contributed by atoms with E-state index in [0.717, 1.165) is 0 Å². The van der Waals surface area contributed by atoms with Crippen LogP contribution in [0.5, 0.6) is 0 Å². The normalized spacial score (nSPS) is 14.4. The molecule has 0 aromatic carbocycles. The molecular weight excluding hydrogens is 484 g/mol. The Hall–Kier alpha value is -3.22. The van der Waals surface area contributed by atoms with E-state index >= 15 is 0 Å². The van der Waals surface area contributed by atoms with Crippen molar-refractivity contribution in [2.24, 2.45) is 29.2 Å². The van der Waals surface area contributed by atoms with Gasteiger partial charge in [0, 0.05) is 6.42 Å². The number of nitrogens with one attached hydrogen (secondary N) is 4. The van der Waals surface area contributed by atoms with E-state index in [9.17, 15) is 33.9 Å². The third-order valence-corrected chi connectivity index (χ3v) is 5.39. The Morgan fingerprint density at radius 3 is 1.78 bits per heavy atom. The lowest BCUT2D eigenvalue weighted by molar-refractivity contribution is -0.143. The van der Waals surface area contributed by atoms with Crippen molar-refractivity contribution in [1.29, 1.82) is 0 Å². The zero-order chi connectivity index (χ0) is 28.9. The van der Waals surface area contributed by atoms with Crippen LogP contribution in [0.4, 0.5) is 0 Å². The van der Waals surface area contributed by atoms with Crippen molar-refractivity contribution in [3.05, 3.63) is 0 Å². The number of hydrogen-bond donors (Lipinski definition) is 7. The standard InChI is InChI=1S/C24H44N6O7/c1-12(2)9-15(25)21(33)29-16(7-8-18(26)31)22(34)27-11-19(32)28-17(10-13(3)4)23(35)30-20(14(5)6)24(36)37/h12-17,20H,7-11,25H2,1-6H3,(H2,26,31)(H,27,34)(H,28,32)(H,29,33)(H,30,35)(H,36,37)/t15-,16-,17-,20-/m0/s1. The van der Waals surface area contributed by atoms with Crippen LogP contribution in [0.3, 0.4) is 0 Å². The molecule has 0 unspecified atom stereocenters. The van der Waals surface area contributed by atoms with E-state index in [1.165, 1.54) is 0 Å². The number of amides is 5. The van der Waals surface area contributed by atoms with Crippen molar-refractivity contribution in [3.63, 3.8) is 0 Å². The number of carboxylic acids is 1. The fourth-order valence-corrected chi connectivity index (χ4v) is 3.46. The molecule has 0 saturated carbocycles. The van der Waals surface area contributed by atoms with Gasteiger partial charge in [0.2, 0.25) is 29.5 Å². The third kappa shape index (κ3) is 14.2. The van der Waals surface area contributed by atoms with Crippen molar-refractivity contribution < 1.29 is 33.9 Å². The van der Waals surface area contributed by atoms with Gasteiger partial charge in [-0.1, -0.05) is 41.5 Å². The average Bonchev–Trinajstić information content (AvgIpc) is 2.76. The minimum atomic E-state index is -1.19. The van der Waals surface area contributed by atoms with Gasteiger partial charge < -0.3 is 37.8 Å². The van der Waals surface area contributed by atoms with Gasteiger partial charge in [0.1, 0.15) is 18.1 Å².